The van der Waals surface area contributed by atoms with Crippen molar-refractivity contribution in [1.29, 1.82) is 0 Å². The summed E-state index contributed by atoms with van der Waals surface area (Å²) in [4.78, 5) is 12.0. The number of rotatable bonds is 4. The van der Waals surface area contributed by atoms with Crippen molar-refractivity contribution in [2.75, 3.05) is 7.11 Å². The lowest BCUT2D eigenvalue weighted by atomic mass is 10.1. The summed E-state index contributed by atoms with van der Waals surface area (Å²) in [7, 11) is 1.57. The summed E-state index contributed by atoms with van der Waals surface area (Å²) < 4.78 is 10.1. The van der Waals surface area contributed by atoms with E-state index in [1.807, 2.05) is 13.8 Å². The van der Waals surface area contributed by atoms with Gasteiger partial charge in [0.05, 0.1) is 12.8 Å². The number of aryl methyl sites for hydroxylation is 2. The third-order valence-corrected chi connectivity index (χ3v) is 2.94. The summed E-state index contributed by atoms with van der Waals surface area (Å²) in [6.45, 7) is 4.08. The molecule has 5 nitrogen and oxygen atoms in total. The van der Waals surface area contributed by atoms with E-state index in [0.29, 0.717) is 17.9 Å². The SMILES string of the molecule is COc1cccc(C(=O)NCc2c(C)noc2C)c1. The molecule has 1 heterocycles. The van der Waals surface area contributed by atoms with Gasteiger partial charge in [-0.1, -0.05) is 11.2 Å². The van der Waals surface area contributed by atoms with Gasteiger partial charge in [-0.25, -0.2) is 0 Å². The minimum absolute atomic E-state index is 0.154. The number of benzene rings is 1. The molecule has 0 saturated heterocycles. The van der Waals surface area contributed by atoms with Crippen LogP contribution in [-0.4, -0.2) is 18.2 Å². The van der Waals surface area contributed by atoms with Crippen molar-refractivity contribution in [2.24, 2.45) is 0 Å². The highest BCUT2D eigenvalue weighted by atomic mass is 16.5. The molecule has 0 spiro atoms. The highest BCUT2D eigenvalue weighted by Gasteiger charge is 2.11. The normalized spacial score (nSPS) is 10.3. The summed E-state index contributed by atoms with van der Waals surface area (Å²) in [5.74, 6) is 1.23. The zero-order valence-electron chi connectivity index (χ0n) is 11.2. The number of carbonyl (C=O) groups excluding carboxylic acids is 1. The van der Waals surface area contributed by atoms with Gasteiger partial charge in [0.15, 0.2) is 0 Å². The third kappa shape index (κ3) is 2.93. The molecular formula is C14H16N2O3. The quantitative estimate of drug-likeness (QED) is 0.915. The molecule has 1 N–H and O–H groups in total. The van der Waals surface area contributed by atoms with E-state index in [4.69, 9.17) is 9.26 Å². The van der Waals surface area contributed by atoms with Gasteiger partial charge in [0, 0.05) is 17.7 Å². The molecule has 100 valence electrons. The summed E-state index contributed by atoms with van der Waals surface area (Å²) in [5, 5.41) is 6.69. The van der Waals surface area contributed by atoms with E-state index < -0.39 is 0 Å². The summed E-state index contributed by atoms with van der Waals surface area (Å²) >= 11 is 0. The summed E-state index contributed by atoms with van der Waals surface area (Å²) in [5.41, 5.74) is 2.27. The van der Waals surface area contributed by atoms with Crippen molar-refractivity contribution in [2.45, 2.75) is 20.4 Å². The Hall–Kier alpha value is -2.30. The lowest BCUT2D eigenvalue weighted by Crippen LogP contribution is -2.23. The van der Waals surface area contributed by atoms with Crippen LogP contribution in [0.15, 0.2) is 28.8 Å². The first-order chi connectivity index (χ1) is 9.11. The van der Waals surface area contributed by atoms with Crippen LogP contribution in [0.5, 0.6) is 5.75 Å². The first kappa shape index (κ1) is 13.1. The number of ether oxygens (including phenoxy) is 1. The largest absolute Gasteiger partial charge is 0.497 e. The fourth-order valence-corrected chi connectivity index (χ4v) is 1.79. The van der Waals surface area contributed by atoms with Gasteiger partial charge in [0.1, 0.15) is 11.5 Å². The van der Waals surface area contributed by atoms with E-state index in [9.17, 15) is 4.79 Å². The molecular weight excluding hydrogens is 244 g/mol. The molecule has 2 rings (SSSR count). The zero-order chi connectivity index (χ0) is 13.8. The number of hydrogen-bond acceptors (Lipinski definition) is 4. The van der Waals surface area contributed by atoms with Crippen LogP contribution in [-0.2, 0) is 6.54 Å². The summed E-state index contributed by atoms with van der Waals surface area (Å²) in [6, 6.07) is 7.02. The highest BCUT2D eigenvalue weighted by Crippen LogP contribution is 2.14. The summed E-state index contributed by atoms with van der Waals surface area (Å²) in [6.07, 6.45) is 0. The number of carbonyl (C=O) groups is 1. The Balaban J connectivity index is 2.05. The molecule has 1 aromatic carbocycles. The fourth-order valence-electron chi connectivity index (χ4n) is 1.79. The van der Waals surface area contributed by atoms with Gasteiger partial charge < -0.3 is 14.6 Å². The maximum absolute atomic E-state index is 12.0. The van der Waals surface area contributed by atoms with Crippen LogP contribution in [0, 0.1) is 13.8 Å². The Morgan fingerprint density at radius 1 is 1.42 bits per heavy atom. The molecule has 1 amide bonds. The van der Waals surface area contributed by atoms with Crippen LogP contribution in [0.2, 0.25) is 0 Å². The van der Waals surface area contributed by atoms with Gasteiger partial charge in [-0.05, 0) is 32.0 Å². The monoisotopic (exact) mass is 260 g/mol. The lowest BCUT2D eigenvalue weighted by molar-refractivity contribution is 0.0950. The fraction of sp³-hybridized carbons (Fsp3) is 0.286. The molecule has 2 aromatic rings. The molecule has 19 heavy (non-hydrogen) atoms. The highest BCUT2D eigenvalue weighted by molar-refractivity contribution is 5.94. The molecule has 1 aromatic heterocycles. The molecule has 0 aliphatic heterocycles. The number of amides is 1. The minimum atomic E-state index is -0.154. The van der Waals surface area contributed by atoms with Crippen molar-refractivity contribution >= 4 is 5.91 Å². The number of hydrogen-bond donors (Lipinski definition) is 1. The van der Waals surface area contributed by atoms with Crippen LogP contribution in [0.1, 0.15) is 27.4 Å². The topological polar surface area (TPSA) is 64.4 Å². The first-order valence-electron chi connectivity index (χ1n) is 5.96. The van der Waals surface area contributed by atoms with Crippen molar-refractivity contribution in [3.8, 4) is 5.75 Å². The average Bonchev–Trinajstić information content (AvgIpc) is 2.75. The molecule has 0 unspecified atom stereocenters. The minimum Gasteiger partial charge on any atom is -0.497 e. The Bertz CT molecular complexity index is 571. The molecule has 0 atom stereocenters. The van der Waals surface area contributed by atoms with Crippen molar-refractivity contribution in [1.82, 2.24) is 10.5 Å². The number of nitrogens with one attached hydrogen (secondary N) is 1. The van der Waals surface area contributed by atoms with Crippen LogP contribution in [0.25, 0.3) is 0 Å². The van der Waals surface area contributed by atoms with Gasteiger partial charge in [0.2, 0.25) is 0 Å². The second-order valence-electron chi connectivity index (χ2n) is 4.22. The van der Waals surface area contributed by atoms with Crippen molar-refractivity contribution in [3.63, 3.8) is 0 Å². The molecule has 0 saturated carbocycles. The van der Waals surface area contributed by atoms with E-state index in [1.54, 1.807) is 31.4 Å². The smallest absolute Gasteiger partial charge is 0.251 e. The van der Waals surface area contributed by atoms with Crippen molar-refractivity contribution in [3.05, 3.63) is 46.8 Å². The second kappa shape index (κ2) is 5.56. The van der Waals surface area contributed by atoms with E-state index in [-0.39, 0.29) is 5.91 Å². The number of aromatic nitrogens is 1. The van der Waals surface area contributed by atoms with Gasteiger partial charge in [-0.15, -0.1) is 0 Å². The Kier molecular flexibility index (Phi) is 3.85. The third-order valence-electron chi connectivity index (χ3n) is 2.94. The van der Waals surface area contributed by atoms with E-state index in [2.05, 4.69) is 10.5 Å². The lowest BCUT2D eigenvalue weighted by Gasteiger charge is -2.06. The molecule has 0 aliphatic rings. The zero-order valence-corrected chi connectivity index (χ0v) is 11.2. The standard InChI is InChI=1S/C14H16N2O3/c1-9-13(10(2)19-16-9)8-15-14(17)11-5-4-6-12(7-11)18-3/h4-7H,8H2,1-3H3,(H,15,17). The molecule has 0 radical (unpaired) electrons. The van der Waals surface area contributed by atoms with E-state index >= 15 is 0 Å². The van der Waals surface area contributed by atoms with Crippen LogP contribution in [0.3, 0.4) is 0 Å². The van der Waals surface area contributed by atoms with Gasteiger partial charge >= 0.3 is 0 Å². The Morgan fingerprint density at radius 2 is 2.21 bits per heavy atom. The first-order valence-corrected chi connectivity index (χ1v) is 5.96. The predicted molar refractivity (Wildman–Crippen MR) is 70.1 cm³/mol. The molecule has 5 heteroatoms. The van der Waals surface area contributed by atoms with Gasteiger partial charge in [-0.2, -0.15) is 0 Å². The van der Waals surface area contributed by atoms with Gasteiger partial charge in [-0.3, -0.25) is 4.79 Å². The van der Waals surface area contributed by atoms with E-state index in [1.165, 1.54) is 0 Å². The van der Waals surface area contributed by atoms with Crippen LogP contribution >= 0.6 is 0 Å². The van der Waals surface area contributed by atoms with Crippen molar-refractivity contribution < 1.29 is 14.1 Å². The maximum Gasteiger partial charge on any atom is 0.251 e. The Morgan fingerprint density at radius 3 is 2.84 bits per heavy atom. The molecule has 0 aliphatic carbocycles. The van der Waals surface area contributed by atoms with E-state index in [0.717, 1.165) is 17.0 Å². The van der Waals surface area contributed by atoms with Gasteiger partial charge in [0.25, 0.3) is 5.91 Å². The second-order valence-corrected chi connectivity index (χ2v) is 4.22. The number of methoxy groups -OCH3 is 1. The average molecular weight is 260 g/mol. The molecule has 0 fully saturated rings. The number of nitrogens with zero attached hydrogens (tertiary/aromatic N) is 1. The predicted octanol–water partition coefficient (Wildman–Crippen LogP) is 2.23. The van der Waals surface area contributed by atoms with Crippen LogP contribution in [0.4, 0.5) is 0 Å². The Labute approximate surface area is 111 Å². The van der Waals surface area contributed by atoms with Crippen LogP contribution < -0.4 is 10.1 Å². The maximum atomic E-state index is 12.0. The molecule has 0 bridgehead atoms.